The van der Waals surface area contributed by atoms with Crippen molar-refractivity contribution in [2.24, 2.45) is 0 Å². The Balaban J connectivity index is 1.48. The first-order valence-electron chi connectivity index (χ1n) is 10.1. The lowest BCUT2D eigenvalue weighted by Gasteiger charge is -2.11. The quantitative estimate of drug-likeness (QED) is 0.142. The number of amides is 3. The number of anilines is 2. The predicted molar refractivity (Wildman–Crippen MR) is 131 cm³/mol. The highest BCUT2D eigenvalue weighted by atomic mass is 32.2. The molecule has 0 fully saturated rings. The summed E-state index contributed by atoms with van der Waals surface area (Å²) >= 11 is 1.11. The van der Waals surface area contributed by atoms with Crippen LogP contribution >= 0.6 is 11.8 Å². The van der Waals surface area contributed by atoms with Crippen LogP contribution < -0.4 is 16.0 Å². The van der Waals surface area contributed by atoms with Gasteiger partial charge in [0.1, 0.15) is 17.0 Å². The van der Waals surface area contributed by atoms with Gasteiger partial charge in [-0.3, -0.25) is 8.98 Å². The Bertz CT molecular complexity index is 1290. The third kappa shape index (κ3) is 7.04. The minimum atomic E-state index is -4.00. The third-order valence-electron chi connectivity index (χ3n) is 4.28. The van der Waals surface area contributed by atoms with Crippen molar-refractivity contribution in [3.63, 3.8) is 0 Å². The van der Waals surface area contributed by atoms with E-state index in [4.69, 9.17) is 4.18 Å². The minimum Gasteiger partial charge on any atom is -0.350 e. The van der Waals surface area contributed by atoms with Gasteiger partial charge in [0.15, 0.2) is 0 Å². The largest absolute Gasteiger partial charge is 0.350 e. The molecular weight excluding hydrogens is 480 g/mol. The van der Waals surface area contributed by atoms with Gasteiger partial charge in [0.05, 0.1) is 4.90 Å². The number of aromatic amines is 1. The average molecular weight is 505 g/mol. The Labute approximate surface area is 200 Å². The van der Waals surface area contributed by atoms with Crippen LogP contribution in [0.25, 0.3) is 11.0 Å². The molecule has 3 rings (SSSR count). The number of hydrogen-bond donors (Lipinski definition) is 4. The lowest BCUT2D eigenvalue weighted by molar-refractivity contribution is -0.117. The Hall–Kier alpha value is -3.42. The molecule has 1 aromatic heterocycles. The van der Waals surface area contributed by atoms with E-state index >= 15 is 0 Å². The minimum absolute atomic E-state index is 0.0155. The van der Waals surface area contributed by atoms with Gasteiger partial charge in [-0.05, 0) is 56.3 Å². The summed E-state index contributed by atoms with van der Waals surface area (Å²) in [7, 11) is -4.00. The zero-order valence-corrected chi connectivity index (χ0v) is 20.1. The highest BCUT2D eigenvalue weighted by molar-refractivity contribution is 7.99. The molecule has 0 atom stereocenters. The molecule has 0 bridgehead atoms. The van der Waals surface area contributed by atoms with E-state index in [0.29, 0.717) is 28.0 Å². The number of H-pyrrole nitrogens is 1. The number of rotatable bonds is 10. The zero-order chi connectivity index (χ0) is 24.7. The summed E-state index contributed by atoms with van der Waals surface area (Å²) in [6, 6.07) is 10.1. The third-order valence-corrected chi connectivity index (χ3v) is 6.54. The second-order valence-corrected chi connectivity index (χ2v) is 9.95. The number of nitrogens with one attached hydrogen (secondary N) is 4. The van der Waals surface area contributed by atoms with Gasteiger partial charge in [0.2, 0.25) is 5.91 Å². The van der Waals surface area contributed by atoms with E-state index in [9.17, 15) is 18.0 Å². The monoisotopic (exact) mass is 504 g/mol. The molecule has 0 unspecified atom stereocenters. The number of hydrogen-bond acceptors (Lipinski definition) is 8. The fourth-order valence-corrected chi connectivity index (χ4v) is 4.52. The molecule has 0 radical (unpaired) electrons. The van der Waals surface area contributed by atoms with E-state index in [1.165, 1.54) is 24.3 Å². The van der Waals surface area contributed by atoms with E-state index < -0.39 is 16.1 Å². The van der Waals surface area contributed by atoms with Crippen molar-refractivity contribution in [2.75, 3.05) is 22.3 Å². The number of aromatic nitrogens is 3. The van der Waals surface area contributed by atoms with Gasteiger partial charge in [-0.2, -0.15) is 23.8 Å². The summed E-state index contributed by atoms with van der Waals surface area (Å²) in [5.41, 5.74) is 2.52. The molecule has 2 aromatic carbocycles. The Kier molecular flexibility index (Phi) is 8.26. The van der Waals surface area contributed by atoms with Crippen LogP contribution in [0.15, 0.2) is 59.5 Å². The fraction of sp³-hybridized carbons (Fsp3) is 0.238. The van der Waals surface area contributed by atoms with Crippen LogP contribution in [0, 0.1) is 0 Å². The molecule has 34 heavy (non-hydrogen) atoms. The second kappa shape index (κ2) is 11.1. The molecule has 0 saturated carbocycles. The second-order valence-electron chi connectivity index (χ2n) is 7.40. The molecule has 13 heteroatoms. The van der Waals surface area contributed by atoms with Gasteiger partial charge >= 0.3 is 6.03 Å². The molecular formula is C21H24N6O5S2. The van der Waals surface area contributed by atoms with Gasteiger partial charge in [-0.15, -0.1) is 11.8 Å². The van der Waals surface area contributed by atoms with Gasteiger partial charge in [-0.25, -0.2) is 4.79 Å². The number of carbonyl (C=O) groups excluding carboxylic acids is 2. The predicted octanol–water partition coefficient (Wildman–Crippen LogP) is 3.08. The summed E-state index contributed by atoms with van der Waals surface area (Å²) in [6.45, 7) is 7.35. The molecule has 1 heterocycles. The molecule has 11 nitrogen and oxygen atoms in total. The molecule has 0 aliphatic rings. The molecule has 0 aliphatic heterocycles. The first kappa shape index (κ1) is 25.2. The van der Waals surface area contributed by atoms with Crippen molar-refractivity contribution in [1.29, 1.82) is 0 Å². The SMILES string of the molecule is C=C(CSCOS(=O)(=O)c1ccc(NC(=O)Nc2ccc3n[nH]nc3c2)cc1)C(=O)NC(C)C. The number of urea groups is 1. The summed E-state index contributed by atoms with van der Waals surface area (Å²) in [5, 5.41) is 18.4. The van der Waals surface area contributed by atoms with E-state index in [-0.39, 0.29) is 28.5 Å². The Morgan fingerprint density at radius 1 is 1.06 bits per heavy atom. The first-order chi connectivity index (χ1) is 16.1. The maximum absolute atomic E-state index is 12.4. The van der Waals surface area contributed by atoms with Crippen molar-refractivity contribution in [1.82, 2.24) is 20.7 Å². The highest BCUT2D eigenvalue weighted by Crippen LogP contribution is 2.19. The van der Waals surface area contributed by atoms with E-state index in [0.717, 1.165) is 11.8 Å². The van der Waals surface area contributed by atoms with Crippen LogP contribution in [0.5, 0.6) is 0 Å². The van der Waals surface area contributed by atoms with Crippen molar-refractivity contribution < 1.29 is 22.2 Å². The molecule has 180 valence electrons. The van der Waals surface area contributed by atoms with Gasteiger partial charge < -0.3 is 16.0 Å². The van der Waals surface area contributed by atoms with Crippen LogP contribution in [0.3, 0.4) is 0 Å². The standard InChI is InChI=1S/C21H24N6O5S2/c1-13(2)22-20(28)14(3)11-33-12-32-34(30,31)17-7-4-15(5-8-17)23-21(29)24-16-6-9-18-19(10-16)26-27-25-18/h4-10,13H,3,11-12H2,1-2H3,(H,22,28)(H2,23,24,29)(H,25,26,27). The van der Waals surface area contributed by atoms with Crippen LogP contribution in [0.4, 0.5) is 16.2 Å². The first-order valence-corrected chi connectivity index (χ1v) is 12.6. The maximum Gasteiger partial charge on any atom is 0.323 e. The number of benzene rings is 2. The van der Waals surface area contributed by atoms with Crippen LogP contribution in [-0.2, 0) is 19.1 Å². The fourth-order valence-electron chi connectivity index (χ4n) is 2.68. The van der Waals surface area contributed by atoms with Crippen molar-refractivity contribution in [3.05, 3.63) is 54.6 Å². The molecule has 0 aliphatic carbocycles. The Morgan fingerprint density at radius 2 is 1.71 bits per heavy atom. The van der Waals surface area contributed by atoms with Crippen LogP contribution in [0.2, 0.25) is 0 Å². The normalized spacial score (nSPS) is 11.4. The van der Waals surface area contributed by atoms with Gasteiger partial charge in [-0.1, -0.05) is 6.58 Å². The molecule has 3 amide bonds. The van der Waals surface area contributed by atoms with Crippen molar-refractivity contribution in [2.45, 2.75) is 24.8 Å². The number of fused-ring (bicyclic) bond motifs is 1. The Morgan fingerprint density at radius 3 is 2.41 bits per heavy atom. The lowest BCUT2D eigenvalue weighted by Crippen LogP contribution is -2.31. The van der Waals surface area contributed by atoms with Crippen LogP contribution in [-0.4, -0.2) is 53.5 Å². The molecule has 0 spiro atoms. The maximum atomic E-state index is 12.4. The van der Waals surface area contributed by atoms with Crippen molar-refractivity contribution in [3.8, 4) is 0 Å². The summed E-state index contributed by atoms with van der Waals surface area (Å²) in [5.74, 6) is -0.222. The van der Waals surface area contributed by atoms with Gasteiger partial charge in [0, 0.05) is 28.7 Å². The summed E-state index contributed by atoms with van der Waals surface area (Å²) in [6.07, 6.45) is 0. The topological polar surface area (TPSA) is 155 Å². The lowest BCUT2D eigenvalue weighted by atomic mass is 10.3. The summed E-state index contributed by atoms with van der Waals surface area (Å²) in [4.78, 5) is 24.0. The van der Waals surface area contributed by atoms with E-state index in [1.807, 2.05) is 13.8 Å². The van der Waals surface area contributed by atoms with Crippen molar-refractivity contribution >= 4 is 56.2 Å². The van der Waals surface area contributed by atoms with E-state index in [2.05, 4.69) is 37.9 Å². The number of carbonyl (C=O) groups is 2. The molecule has 3 aromatic rings. The average Bonchev–Trinajstić information content (AvgIpc) is 3.24. The van der Waals surface area contributed by atoms with E-state index in [1.54, 1.807) is 18.2 Å². The molecule has 4 N–H and O–H groups in total. The zero-order valence-electron chi connectivity index (χ0n) is 18.5. The number of thioether (sulfide) groups is 1. The highest BCUT2D eigenvalue weighted by Gasteiger charge is 2.16. The smallest absolute Gasteiger partial charge is 0.323 e. The van der Waals surface area contributed by atoms with Gasteiger partial charge in [0.25, 0.3) is 10.1 Å². The molecule has 0 saturated heterocycles. The number of nitrogens with zero attached hydrogens (tertiary/aromatic N) is 2. The summed E-state index contributed by atoms with van der Waals surface area (Å²) < 4.78 is 29.7. The van der Waals surface area contributed by atoms with Crippen LogP contribution in [0.1, 0.15) is 13.8 Å².